The predicted octanol–water partition coefficient (Wildman–Crippen LogP) is -0.104. The Kier molecular flexibility index (Phi) is 4.70. The Balaban J connectivity index is 2.82. The summed E-state index contributed by atoms with van der Waals surface area (Å²) in [7, 11) is -3.75. The number of nitrogens with one attached hydrogen (secondary N) is 1. The number of aromatic nitrogens is 1. The number of aliphatic hydroxyl groups is 1. The van der Waals surface area contributed by atoms with Gasteiger partial charge in [0.25, 0.3) is 0 Å². The van der Waals surface area contributed by atoms with Crippen LogP contribution in [-0.4, -0.2) is 36.6 Å². The molecule has 0 spiro atoms. The highest BCUT2D eigenvalue weighted by Gasteiger charge is 2.18. The molecule has 1 aromatic rings. The van der Waals surface area contributed by atoms with Crippen LogP contribution in [0.3, 0.4) is 0 Å². The van der Waals surface area contributed by atoms with Gasteiger partial charge in [-0.25, -0.2) is 13.1 Å². The Hall–Kier alpha value is -1.58. The van der Waals surface area contributed by atoms with Crippen LogP contribution in [0.2, 0.25) is 0 Å². The number of hydrogen-bond donors (Lipinski definition) is 2. The van der Waals surface area contributed by atoms with Crippen LogP contribution in [0, 0.1) is 16.0 Å². The molecule has 0 bridgehead atoms. The van der Waals surface area contributed by atoms with Crippen LogP contribution < -0.4 is 4.72 Å². The van der Waals surface area contributed by atoms with Crippen LogP contribution in [0.5, 0.6) is 0 Å². The molecule has 1 aromatic heterocycles. The van der Waals surface area contributed by atoms with E-state index in [9.17, 15) is 18.5 Å². The maximum atomic E-state index is 11.7. The molecule has 0 saturated heterocycles. The van der Waals surface area contributed by atoms with Crippen LogP contribution in [0.25, 0.3) is 0 Å². The molecule has 8 nitrogen and oxygen atoms in total. The molecular formula is C9H13N3O5S. The smallest absolute Gasteiger partial charge is 0.363 e. The summed E-state index contributed by atoms with van der Waals surface area (Å²) in [5.41, 5.74) is 0. The first-order chi connectivity index (χ1) is 8.36. The van der Waals surface area contributed by atoms with E-state index in [-0.39, 0.29) is 24.0 Å². The molecule has 1 unspecified atom stereocenters. The molecule has 100 valence electrons. The second-order valence-electron chi connectivity index (χ2n) is 3.75. The fraction of sp³-hybridized carbons (Fsp3) is 0.444. The van der Waals surface area contributed by atoms with Gasteiger partial charge in [0.15, 0.2) is 6.20 Å². The van der Waals surface area contributed by atoms with Gasteiger partial charge in [-0.15, -0.1) is 0 Å². The second kappa shape index (κ2) is 5.85. The van der Waals surface area contributed by atoms with Crippen molar-refractivity contribution in [1.82, 2.24) is 9.71 Å². The van der Waals surface area contributed by atoms with Gasteiger partial charge in [0.05, 0.1) is 0 Å². The number of nitrogens with zero attached hydrogens (tertiary/aromatic N) is 2. The summed E-state index contributed by atoms with van der Waals surface area (Å²) in [6.07, 6.45) is 0.921. The third-order valence-corrected chi connectivity index (χ3v) is 3.56. The van der Waals surface area contributed by atoms with E-state index in [0.29, 0.717) is 0 Å². The van der Waals surface area contributed by atoms with Gasteiger partial charge in [0.1, 0.15) is 4.90 Å². The average Bonchev–Trinajstić information content (AvgIpc) is 2.36. The fourth-order valence-electron chi connectivity index (χ4n) is 1.04. The lowest BCUT2D eigenvalue weighted by molar-refractivity contribution is -0.389. The zero-order valence-electron chi connectivity index (χ0n) is 9.61. The minimum atomic E-state index is -3.75. The van der Waals surface area contributed by atoms with E-state index in [1.807, 2.05) is 0 Å². The molecular weight excluding hydrogens is 262 g/mol. The Morgan fingerprint density at radius 3 is 2.67 bits per heavy atom. The lowest BCUT2D eigenvalue weighted by Crippen LogP contribution is -2.29. The van der Waals surface area contributed by atoms with Gasteiger partial charge in [-0.1, -0.05) is 6.92 Å². The molecule has 0 amide bonds. The topological polar surface area (TPSA) is 122 Å². The Labute approximate surface area is 104 Å². The largest absolute Gasteiger partial charge is 0.396 e. The lowest BCUT2D eigenvalue weighted by Gasteiger charge is -2.09. The minimum Gasteiger partial charge on any atom is -0.396 e. The average molecular weight is 275 g/mol. The molecule has 0 aromatic carbocycles. The van der Waals surface area contributed by atoms with Crippen LogP contribution in [0.15, 0.2) is 23.2 Å². The van der Waals surface area contributed by atoms with Crippen molar-refractivity contribution in [3.8, 4) is 0 Å². The van der Waals surface area contributed by atoms with Gasteiger partial charge in [-0.2, -0.15) is 0 Å². The molecule has 2 N–H and O–H groups in total. The van der Waals surface area contributed by atoms with E-state index in [1.165, 1.54) is 0 Å². The summed E-state index contributed by atoms with van der Waals surface area (Å²) >= 11 is 0. The summed E-state index contributed by atoms with van der Waals surface area (Å²) in [4.78, 5) is 12.9. The first kappa shape index (κ1) is 14.5. The Morgan fingerprint density at radius 2 is 2.22 bits per heavy atom. The van der Waals surface area contributed by atoms with Gasteiger partial charge in [0.2, 0.25) is 10.0 Å². The molecule has 0 fully saturated rings. The Bertz CT molecular complexity index is 514. The molecule has 1 rings (SSSR count). The molecule has 0 aliphatic carbocycles. The first-order valence-corrected chi connectivity index (χ1v) is 6.56. The zero-order chi connectivity index (χ0) is 13.8. The molecule has 0 radical (unpaired) electrons. The summed E-state index contributed by atoms with van der Waals surface area (Å²) in [5.74, 6) is -0.636. The standard InChI is InChI=1S/C9H13N3O5S/c1-7(6-13)4-11-18(16,17)8-2-3-9(10-5-8)12(14)15/h2-3,5,7,11,13H,4,6H2,1H3. The zero-order valence-corrected chi connectivity index (χ0v) is 10.4. The third-order valence-electron chi connectivity index (χ3n) is 2.15. The molecule has 0 aliphatic heterocycles. The van der Waals surface area contributed by atoms with E-state index in [2.05, 4.69) is 9.71 Å². The number of hydrogen-bond acceptors (Lipinski definition) is 6. The van der Waals surface area contributed by atoms with E-state index >= 15 is 0 Å². The molecule has 18 heavy (non-hydrogen) atoms. The SMILES string of the molecule is CC(CO)CNS(=O)(=O)c1ccc([N+](=O)[O-])nc1. The summed E-state index contributed by atoms with van der Waals surface area (Å²) in [6.45, 7) is 1.62. The highest BCUT2D eigenvalue weighted by atomic mass is 32.2. The van der Waals surface area contributed by atoms with Crippen LogP contribution in [-0.2, 0) is 10.0 Å². The first-order valence-electron chi connectivity index (χ1n) is 5.08. The van der Waals surface area contributed by atoms with Crippen molar-refractivity contribution in [1.29, 1.82) is 0 Å². The van der Waals surface area contributed by atoms with Crippen molar-refractivity contribution in [3.63, 3.8) is 0 Å². The predicted molar refractivity (Wildman–Crippen MR) is 62.3 cm³/mol. The van der Waals surface area contributed by atoms with E-state index in [4.69, 9.17) is 5.11 Å². The van der Waals surface area contributed by atoms with Crippen molar-refractivity contribution in [2.45, 2.75) is 11.8 Å². The lowest BCUT2D eigenvalue weighted by atomic mass is 10.2. The maximum Gasteiger partial charge on any atom is 0.363 e. The third kappa shape index (κ3) is 3.72. The molecule has 1 atom stereocenters. The van der Waals surface area contributed by atoms with Crippen molar-refractivity contribution < 1.29 is 18.4 Å². The number of sulfonamides is 1. The molecule has 0 aliphatic rings. The normalized spacial score (nSPS) is 13.2. The minimum absolute atomic E-state index is 0.0792. The van der Waals surface area contributed by atoms with Gasteiger partial charge >= 0.3 is 5.82 Å². The van der Waals surface area contributed by atoms with Gasteiger partial charge in [-0.3, -0.25) is 0 Å². The van der Waals surface area contributed by atoms with Crippen LogP contribution in [0.4, 0.5) is 5.82 Å². The van der Waals surface area contributed by atoms with Gasteiger partial charge < -0.3 is 15.2 Å². The number of aliphatic hydroxyl groups excluding tert-OH is 1. The summed E-state index contributed by atoms with van der Waals surface area (Å²) < 4.78 is 25.7. The summed E-state index contributed by atoms with van der Waals surface area (Å²) in [6, 6.07) is 2.13. The van der Waals surface area contributed by atoms with Gasteiger partial charge in [0, 0.05) is 19.2 Å². The Morgan fingerprint density at radius 1 is 1.56 bits per heavy atom. The fourth-order valence-corrected chi connectivity index (χ4v) is 2.15. The highest BCUT2D eigenvalue weighted by molar-refractivity contribution is 7.89. The summed E-state index contributed by atoms with van der Waals surface area (Å²) in [5, 5.41) is 19.1. The van der Waals surface area contributed by atoms with Crippen molar-refractivity contribution in [2.24, 2.45) is 5.92 Å². The monoisotopic (exact) mass is 275 g/mol. The van der Waals surface area contributed by atoms with Gasteiger partial charge in [-0.05, 0) is 21.9 Å². The van der Waals surface area contributed by atoms with E-state index < -0.39 is 20.8 Å². The van der Waals surface area contributed by atoms with Crippen LogP contribution in [0.1, 0.15) is 6.92 Å². The van der Waals surface area contributed by atoms with Crippen molar-refractivity contribution in [2.75, 3.05) is 13.2 Å². The quantitative estimate of drug-likeness (QED) is 0.552. The van der Waals surface area contributed by atoms with Crippen LogP contribution >= 0.6 is 0 Å². The number of nitro groups is 1. The second-order valence-corrected chi connectivity index (χ2v) is 5.52. The van der Waals surface area contributed by atoms with E-state index in [0.717, 1.165) is 18.3 Å². The van der Waals surface area contributed by atoms with E-state index in [1.54, 1.807) is 6.92 Å². The highest BCUT2D eigenvalue weighted by Crippen LogP contribution is 2.12. The van der Waals surface area contributed by atoms with Crippen molar-refractivity contribution >= 4 is 15.8 Å². The number of rotatable bonds is 6. The maximum absolute atomic E-state index is 11.7. The number of pyridine rings is 1. The molecule has 9 heteroatoms. The van der Waals surface area contributed by atoms with Crippen molar-refractivity contribution in [3.05, 3.63) is 28.4 Å². The molecule has 0 saturated carbocycles. The molecule has 1 heterocycles.